The van der Waals surface area contributed by atoms with E-state index in [-0.39, 0.29) is 0 Å². The van der Waals surface area contributed by atoms with E-state index in [1.54, 1.807) is 0 Å². The SMILES string of the molecule is Cc1ccc(CCc2ncc(CCc3cnc(C)nc3)cn2)nn1. The van der Waals surface area contributed by atoms with E-state index in [4.69, 9.17) is 0 Å². The van der Waals surface area contributed by atoms with Crippen molar-refractivity contribution in [2.45, 2.75) is 39.5 Å². The summed E-state index contributed by atoms with van der Waals surface area (Å²) in [5.74, 6) is 1.63. The highest BCUT2D eigenvalue weighted by Crippen LogP contribution is 2.06. The van der Waals surface area contributed by atoms with E-state index in [1.807, 2.05) is 50.8 Å². The Morgan fingerprint density at radius 2 is 1.29 bits per heavy atom. The summed E-state index contributed by atoms with van der Waals surface area (Å²) in [6.07, 6.45) is 10.9. The summed E-state index contributed by atoms with van der Waals surface area (Å²) in [4.78, 5) is 17.3. The van der Waals surface area contributed by atoms with Crippen LogP contribution in [0, 0.1) is 13.8 Å². The molecule has 0 atom stereocenters. The lowest BCUT2D eigenvalue weighted by Gasteiger charge is -2.03. The third kappa shape index (κ3) is 4.62. The first-order chi connectivity index (χ1) is 11.7. The molecule has 3 rings (SSSR count). The van der Waals surface area contributed by atoms with Crippen LogP contribution in [0.3, 0.4) is 0 Å². The Morgan fingerprint density at radius 3 is 1.88 bits per heavy atom. The van der Waals surface area contributed by atoms with Gasteiger partial charge < -0.3 is 0 Å². The van der Waals surface area contributed by atoms with Crippen LogP contribution in [0.1, 0.15) is 34.2 Å². The third-order valence-electron chi connectivity index (χ3n) is 3.75. The molecule has 0 unspecified atom stereocenters. The van der Waals surface area contributed by atoms with Crippen molar-refractivity contribution in [1.82, 2.24) is 30.1 Å². The molecule has 122 valence electrons. The van der Waals surface area contributed by atoms with E-state index < -0.39 is 0 Å². The molecule has 0 aliphatic rings. The topological polar surface area (TPSA) is 77.3 Å². The quantitative estimate of drug-likeness (QED) is 0.693. The van der Waals surface area contributed by atoms with Crippen LogP contribution < -0.4 is 0 Å². The first-order valence-electron chi connectivity index (χ1n) is 8.05. The summed E-state index contributed by atoms with van der Waals surface area (Å²) in [7, 11) is 0. The maximum Gasteiger partial charge on any atom is 0.128 e. The van der Waals surface area contributed by atoms with Gasteiger partial charge in [-0.2, -0.15) is 10.2 Å². The van der Waals surface area contributed by atoms with Gasteiger partial charge in [0.1, 0.15) is 11.6 Å². The van der Waals surface area contributed by atoms with Crippen molar-refractivity contribution < 1.29 is 0 Å². The summed E-state index contributed by atoms with van der Waals surface area (Å²) in [6.45, 7) is 3.82. The van der Waals surface area contributed by atoms with Gasteiger partial charge in [0.05, 0.1) is 11.4 Å². The van der Waals surface area contributed by atoms with Crippen molar-refractivity contribution in [2.75, 3.05) is 0 Å². The average Bonchev–Trinajstić information content (AvgIpc) is 2.62. The van der Waals surface area contributed by atoms with Crippen LogP contribution in [0.15, 0.2) is 36.9 Å². The van der Waals surface area contributed by atoms with E-state index in [9.17, 15) is 0 Å². The number of rotatable bonds is 6. The summed E-state index contributed by atoms with van der Waals surface area (Å²) in [6, 6.07) is 3.97. The van der Waals surface area contributed by atoms with Gasteiger partial charge in [0.15, 0.2) is 0 Å². The van der Waals surface area contributed by atoms with E-state index in [0.717, 1.165) is 59.8 Å². The molecule has 0 saturated heterocycles. The Morgan fingerprint density at radius 1 is 0.667 bits per heavy atom. The minimum atomic E-state index is 0.768. The first kappa shape index (κ1) is 16.1. The number of aromatic nitrogens is 6. The fourth-order valence-electron chi connectivity index (χ4n) is 2.28. The fourth-order valence-corrected chi connectivity index (χ4v) is 2.28. The number of hydrogen-bond donors (Lipinski definition) is 0. The Balaban J connectivity index is 1.51. The lowest BCUT2D eigenvalue weighted by Crippen LogP contribution is -2.02. The molecular weight excluding hydrogens is 300 g/mol. The van der Waals surface area contributed by atoms with E-state index in [0.29, 0.717) is 0 Å². The highest BCUT2D eigenvalue weighted by molar-refractivity contribution is 5.12. The molecule has 0 N–H and O–H groups in total. The van der Waals surface area contributed by atoms with Gasteiger partial charge in [-0.25, -0.2) is 19.9 Å². The van der Waals surface area contributed by atoms with Crippen LogP contribution in [0.2, 0.25) is 0 Å². The molecule has 0 aliphatic carbocycles. The van der Waals surface area contributed by atoms with Gasteiger partial charge in [0, 0.05) is 31.2 Å². The fraction of sp³-hybridized carbons (Fsp3) is 0.333. The van der Waals surface area contributed by atoms with Gasteiger partial charge >= 0.3 is 0 Å². The molecule has 24 heavy (non-hydrogen) atoms. The van der Waals surface area contributed by atoms with Crippen LogP contribution in [0.25, 0.3) is 0 Å². The maximum atomic E-state index is 4.45. The van der Waals surface area contributed by atoms with Crippen LogP contribution in [-0.2, 0) is 25.7 Å². The second-order valence-corrected chi connectivity index (χ2v) is 5.81. The molecule has 0 bridgehead atoms. The summed E-state index contributed by atoms with van der Waals surface area (Å²) in [5, 5.41) is 8.23. The largest absolute Gasteiger partial charge is 0.241 e. The number of aryl methyl sites for hydroxylation is 6. The predicted molar refractivity (Wildman–Crippen MR) is 90.4 cm³/mol. The minimum absolute atomic E-state index is 0.768. The molecule has 3 aromatic rings. The Kier molecular flexibility index (Phi) is 5.15. The van der Waals surface area contributed by atoms with Gasteiger partial charge in [-0.15, -0.1) is 0 Å². The van der Waals surface area contributed by atoms with E-state index >= 15 is 0 Å². The molecule has 6 heteroatoms. The maximum absolute atomic E-state index is 4.45. The predicted octanol–water partition coefficient (Wildman–Crippen LogP) is 2.24. The molecule has 0 amide bonds. The lowest BCUT2D eigenvalue weighted by molar-refractivity contribution is 0.794. The standard InChI is InChI=1S/C18H20N6/c1-13-3-6-17(24-23-13)7-8-18-21-11-16(12-22-18)5-4-15-9-19-14(2)20-10-15/h3,6,9-12H,4-5,7-8H2,1-2H3. The Labute approximate surface area is 141 Å². The summed E-state index contributed by atoms with van der Waals surface area (Å²) >= 11 is 0. The van der Waals surface area contributed by atoms with Gasteiger partial charge in [0.2, 0.25) is 0 Å². The van der Waals surface area contributed by atoms with Crippen molar-refractivity contribution in [3.8, 4) is 0 Å². The second-order valence-electron chi connectivity index (χ2n) is 5.81. The molecule has 0 aromatic carbocycles. The molecule has 0 spiro atoms. The van der Waals surface area contributed by atoms with E-state index in [1.165, 1.54) is 0 Å². The zero-order valence-corrected chi connectivity index (χ0v) is 14.0. The van der Waals surface area contributed by atoms with Crippen molar-refractivity contribution in [1.29, 1.82) is 0 Å². The van der Waals surface area contributed by atoms with Crippen LogP contribution in [0.4, 0.5) is 0 Å². The van der Waals surface area contributed by atoms with Gasteiger partial charge in [-0.05, 0) is 56.4 Å². The van der Waals surface area contributed by atoms with Gasteiger partial charge in [0.25, 0.3) is 0 Å². The van der Waals surface area contributed by atoms with Crippen LogP contribution in [-0.4, -0.2) is 30.1 Å². The zero-order valence-electron chi connectivity index (χ0n) is 14.0. The molecule has 3 heterocycles. The molecule has 3 aromatic heterocycles. The molecule has 6 nitrogen and oxygen atoms in total. The molecule has 0 aliphatic heterocycles. The Bertz CT molecular complexity index is 698. The van der Waals surface area contributed by atoms with Crippen molar-refractivity contribution >= 4 is 0 Å². The Hall–Kier alpha value is -2.76. The smallest absolute Gasteiger partial charge is 0.128 e. The first-order valence-corrected chi connectivity index (χ1v) is 8.05. The van der Waals surface area contributed by atoms with Crippen molar-refractivity contribution in [2.24, 2.45) is 0 Å². The van der Waals surface area contributed by atoms with Crippen molar-refractivity contribution in [3.63, 3.8) is 0 Å². The molecule has 0 fully saturated rings. The molecular formula is C18H20N6. The highest BCUT2D eigenvalue weighted by Gasteiger charge is 2.02. The lowest BCUT2D eigenvalue weighted by atomic mass is 10.1. The van der Waals surface area contributed by atoms with E-state index in [2.05, 4.69) is 30.1 Å². The van der Waals surface area contributed by atoms with Gasteiger partial charge in [-0.3, -0.25) is 0 Å². The highest BCUT2D eigenvalue weighted by atomic mass is 15.1. The minimum Gasteiger partial charge on any atom is -0.241 e. The third-order valence-corrected chi connectivity index (χ3v) is 3.75. The second kappa shape index (κ2) is 7.68. The average molecular weight is 320 g/mol. The number of hydrogen-bond acceptors (Lipinski definition) is 6. The molecule has 0 saturated carbocycles. The number of nitrogens with zero attached hydrogens (tertiary/aromatic N) is 6. The summed E-state index contributed by atoms with van der Waals surface area (Å²) in [5.41, 5.74) is 4.14. The zero-order chi connectivity index (χ0) is 16.8. The normalized spacial score (nSPS) is 10.8. The van der Waals surface area contributed by atoms with Gasteiger partial charge in [-0.1, -0.05) is 0 Å². The van der Waals surface area contributed by atoms with Crippen LogP contribution in [0.5, 0.6) is 0 Å². The van der Waals surface area contributed by atoms with Crippen LogP contribution >= 0.6 is 0 Å². The summed E-state index contributed by atoms with van der Waals surface area (Å²) < 4.78 is 0. The monoisotopic (exact) mass is 320 g/mol. The molecule has 0 radical (unpaired) electrons. The van der Waals surface area contributed by atoms with Crippen molar-refractivity contribution in [3.05, 3.63) is 71.1 Å².